The van der Waals surface area contributed by atoms with Crippen LogP contribution < -0.4 is 5.56 Å². The molecule has 0 radical (unpaired) electrons. The van der Waals surface area contributed by atoms with Gasteiger partial charge in [0.05, 0.1) is 0 Å². The smallest absolute Gasteiger partial charge is 0.255 e. The van der Waals surface area contributed by atoms with E-state index >= 15 is 0 Å². The van der Waals surface area contributed by atoms with Crippen LogP contribution in [0, 0.1) is 5.92 Å². The zero-order valence-electron chi connectivity index (χ0n) is 8.66. The number of benzene rings is 1. The summed E-state index contributed by atoms with van der Waals surface area (Å²) in [6.45, 7) is 2.25. The van der Waals surface area contributed by atoms with Gasteiger partial charge < -0.3 is 4.98 Å². The fraction of sp³-hybridized carbons (Fsp3) is 0.308. The SMILES string of the molecule is CC1CC1c1ccc2cc[nH]c(=O)c2c1. The molecule has 1 saturated carbocycles. The highest BCUT2D eigenvalue weighted by molar-refractivity contribution is 5.82. The van der Waals surface area contributed by atoms with Gasteiger partial charge in [-0.3, -0.25) is 4.79 Å². The molecule has 1 aliphatic carbocycles. The van der Waals surface area contributed by atoms with E-state index in [-0.39, 0.29) is 5.56 Å². The number of aromatic amines is 1. The molecule has 3 rings (SSSR count). The summed E-state index contributed by atoms with van der Waals surface area (Å²) >= 11 is 0. The number of pyridine rings is 1. The first kappa shape index (κ1) is 8.72. The molecule has 1 aliphatic rings. The Morgan fingerprint density at radius 1 is 1.33 bits per heavy atom. The van der Waals surface area contributed by atoms with Crippen LogP contribution in [0.4, 0.5) is 0 Å². The lowest BCUT2D eigenvalue weighted by molar-refractivity contribution is 0.916. The Hall–Kier alpha value is -1.57. The minimum absolute atomic E-state index is 0.0163. The molecule has 1 fully saturated rings. The van der Waals surface area contributed by atoms with E-state index in [1.54, 1.807) is 6.20 Å². The number of fused-ring (bicyclic) bond motifs is 1. The molecule has 0 spiro atoms. The normalized spacial score (nSPS) is 24.3. The zero-order valence-corrected chi connectivity index (χ0v) is 8.66. The summed E-state index contributed by atoms with van der Waals surface area (Å²) in [6.07, 6.45) is 2.96. The molecule has 1 heterocycles. The van der Waals surface area contributed by atoms with Gasteiger partial charge in [-0.25, -0.2) is 0 Å². The van der Waals surface area contributed by atoms with Gasteiger partial charge in [0.25, 0.3) is 5.56 Å². The van der Waals surface area contributed by atoms with Crippen LogP contribution in [-0.4, -0.2) is 4.98 Å². The summed E-state index contributed by atoms with van der Waals surface area (Å²) in [6, 6.07) is 8.18. The van der Waals surface area contributed by atoms with Crippen LogP contribution in [0.1, 0.15) is 24.8 Å². The third-order valence-corrected chi connectivity index (χ3v) is 3.34. The van der Waals surface area contributed by atoms with Crippen molar-refractivity contribution in [3.05, 3.63) is 46.4 Å². The van der Waals surface area contributed by atoms with Crippen LogP contribution in [-0.2, 0) is 0 Å². The molecule has 1 aromatic carbocycles. The standard InChI is InChI=1S/C13H13NO/c1-8-6-11(8)10-3-2-9-4-5-14-13(15)12(9)7-10/h2-5,7-8,11H,6H2,1H3,(H,14,15). The average Bonchev–Trinajstić information content (AvgIpc) is 2.96. The second kappa shape index (κ2) is 2.96. The lowest BCUT2D eigenvalue weighted by Crippen LogP contribution is -2.04. The Balaban J connectivity index is 2.21. The van der Waals surface area contributed by atoms with Gasteiger partial charge in [-0.2, -0.15) is 0 Å². The Morgan fingerprint density at radius 3 is 2.87 bits per heavy atom. The van der Waals surface area contributed by atoms with Gasteiger partial charge in [-0.15, -0.1) is 0 Å². The maximum Gasteiger partial charge on any atom is 0.255 e. The third kappa shape index (κ3) is 1.37. The van der Waals surface area contributed by atoms with E-state index in [2.05, 4.69) is 18.0 Å². The van der Waals surface area contributed by atoms with E-state index in [9.17, 15) is 4.79 Å². The molecule has 76 valence electrons. The summed E-state index contributed by atoms with van der Waals surface area (Å²) in [7, 11) is 0. The monoisotopic (exact) mass is 199 g/mol. The summed E-state index contributed by atoms with van der Waals surface area (Å²) in [5, 5.41) is 1.84. The zero-order chi connectivity index (χ0) is 10.4. The molecular formula is C13H13NO. The van der Waals surface area contributed by atoms with Crippen LogP contribution in [0.25, 0.3) is 10.8 Å². The molecule has 1 aromatic heterocycles. The van der Waals surface area contributed by atoms with E-state index in [1.165, 1.54) is 12.0 Å². The molecule has 2 atom stereocenters. The second-order valence-corrected chi connectivity index (χ2v) is 4.47. The van der Waals surface area contributed by atoms with E-state index in [1.807, 2.05) is 18.2 Å². The first-order valence-corrected chi connectivity index (χ1v) is 5.37. The van der Waals surface area contributed by atoms with E-state index < -0.39 is 0 Å². The van der Waals surface area contributed by atoms with Crippen molar-refractivity contribution in [2.75, 3.05) is 0 Å². The first-order valence-electron chi connectivity index (χ1n) is 5.37. The fourth-order valence-corrected chi connectivity index (χ4v) is 2.22. The van der Waals surface area contributed by atoms with Crippen LogP contribution in [0.3, 0.4) is 0 Å². The molecule has 2 aromatic rings. The molecule has 0 saturated heterocycles. The lowest BCUT2D eigenvalue weighted by atomic mass is 10.0. The largest absolute Gasteiger partial charge is 0.329 e. The number of hydrogen-bond acceptors (Lipinski definition) is 1. The fourth-order valence-electron chi connectivity index (χ4n) is 2.22. The predicted molar refractivity (Wildman–Crippen MR) is 61.1 cm³/mol. The summed E-state index contributed by atoms with van der Waals surface area (Å²) in [4.78, 5) is 14.3. The van der Waals surface area contributed by atoms with Gasteiger partial charge in [0.1, 0.15) is 0 Å². The lowest BCUT2D eigenvalue weighted by Gasteiger charge is -2.01. The number of H-pyrrole nitrogens is 1. The first-order chi connectivity index (χ1) is 7.25. The van der Waals surface area contributed by atoms with Gasteiger partial charge in [0.2, 0.25) is 0 Å². The maximum atomic E-state index is 11.6. The van der Waals surface area contributed by atoms with Gasteiger partial charge in [-0.05, 0) is 41.3 Å². The summed E-state index contributed by atoms with van der Waals surface area (Å²) in [5.41, 5.74) is 1.33. The van der Waals surface area contributed by atoms with Crippen LogP contribution in [0.15, 0.2) is 35.3 Å². The van der Waals surface area contributed by atoms with Crippen molar-refractivity contribution in [2.45, 2.75) is 19.3 Å². The number of nitrogens with one attached hydrogen (secondary N) is 1. The van der Waals surface area contributed by atoms with Crippen molar-refractivity contribution in [2.24, 2.45) is 5.92 Å². The van der Waals surface area contributed by atoms with Crippen molar-refractivity contribution in [3.8, 4) is 0 Å². The number of rotatable bonds is 1. The Labute approximate surface area is 87.9 Å². The highest BCUT2D eigenvalue weighted by Crippen LogP contribution is 2.47. The quantitative estimate of drug-likeness (QED) is 0.752. The van der Waals surface area contributed by atoms with Crippen LogP contribution in [0.2, 0.25) is 0 Å². The van der Waals surface area contributed by atoms with Crippen LogP contribution in [0.5, 0.6) is 0 Å². The summed E-state index contributed by atoms with van der Waals surface area (Å²) in [5.74, 6) is 1.46. The number of hydrogen-bond donors (Lipinski definition) is 1. The van der Waals surface area contributed by atoms with E-state index in [0.29, 0.717) is 5.92 Å². The van der Waals surface area contributed by atoms with Crippen LogP contribution >= 0.6 is 0 Å². The summed E-state index contributed by atoms with van der Waals surface area (Å²) < 4.78 is 0. The second-order valence-electron chi connectivity index (χ2n) is 4.47. The highest BCUT2D eigenvalue weighted by atomic mass is 16.1. The van der Waals surface area contributed by atoms with Crippen molar-refractivity contribution in [1.82, 2.24) is 4.98 Å². The number of aromatic nitrogens is 1. The van der Waals surface area contributed by atoms with E-state index in [4.69, 9.17) is 0 Å². The highest BCUT2D eigenvalue weighted by Gasteiger charge is 2.33. The molecular weight excluding hydrogens is 186 g/mol. The minimum Gasteiger partial charge on any atom is -0.329 e. The average molecular weight is 199 g/mol. The Bertz CT molecular complexity index is 570. The molecule has 15 heavy (non-hydrogen) atoms. The molecule has 2 heteroatoms. The molecule has 0 amide bonds. The molecule has 0 bridgehead atoms. The maximum absolute atomic E-state index is 11.6. The topological polar surface area (TPSA) is 32.9 Å². The van der Waals surface area contributed by atoms with Gasteiger partial charge in [-0.1, -0.05) is 19.1 Å². The third-order valence-electron chi connectivity index (χ3n) is 3.34. The minimum atomic E-state index is 0.0163. The van der Waals surface area contributed by atoms with Gasteiger partial charge in [0, 0.05) is 11.6 Å². The van der Waals surface area contributed by atoms with Crippen molar-refractivity contribution >= 4 is 10.8 Å². The van der Waals surface area contributed by atoms with Gasteiger partial charge in [0.15, 0.2) is 0 Å². The molecule has 2 nitrogen and oxygen atoms in total. The van der Waals surface area contributed by atoms with Crippen molar-refractivity contribution < 1.29 is 0 Å². The molecule has 2 unspecified atom stereocenters. The van der Waals surface area contributed by atoms with Gasteiger partial charge >= 0.3 is 0 Å². The van der Waals surface area contributed by atoms with Crippen molar-refractivity contribution in [3.63, 3.8) is 0 Å². The Morgan fingerprint density at radius 2 is 2.13 bits per heavy atom. The van der Waals surface area contributed by atoms with Crippen molar-refractivity contribution in [1.29, 1.82) is 0 Å². The molecule has 1 N–H and O–H groups in total. The predicted octanol–water partition coefficient (Wildman–Crippen LogP) is 2.65. The van der Waals surface area contributed by atoms with E-state index in [0.717, 1.165) is 16.7 Å². The Kier molecular flexibility index (Phi) is 1.72. The molecule has 0 aliphatic heterocycles.